The molecule has 1 unspecified atom stereocenters. The summed E-state index contributed by atoms with van der Waals surface area (Å²) < 4.78 is 51.4. The van der Waals surface area contributed by atoms with Gasteiger partial charge in [0.1, 0.15) is 6.61 Å². The molecule has 0 aliphatic rings. The molecular formula is C27H36N2O8S2. The number of carbonyl (C=O) groups is 1. The van der Waals surface area contributed by atoms with Crippen molar-refractivity contribution in [1.29, 1.82) is 0 Å². The number of benzene rings is 2. The van der Waals surface area contributed by atoms with Crippen LogP contribution in [0.5, 0.6) is 17.2 Å². The molecule has 1 atom stereocenters. The summed E-state index contributed by atoms with van der Waals surface area (Å²) in [4.78, 5) is 19.1. The van der Waals surface area contributed by atoms with Gasteiger partial charge in [-0.1, -0.05) is 37.3 Å². The normalized spacial score (nSPS) is 12.7. The zero-order chi connectivity index (χ0) is 29.4. The summed E-state index contributed by atoms with van der Waals surface area (Å²) in [7, 11) is 4.40. The lowest BCUT2D eigenvalue weighted by Crippen LogP contribution is -2.45. The van der Waals surface area contributed by atoms with Crippen molar-refractivity contribution in [2.75, 3.05) is 42.0 Å². The Morgan fingerprint density at radius 2 is 1.59 bits per heavy atom. The Balaban J connectivity index is 0.000000404. The molecule has 0 saturated heterocycles. The fourth-order valence-electron chi connectivity index (χ4n) is 4.06. The van der Waals surface area contributed by atoms with Gasteiger partial charge in [-0.3, -0.25) is 9.45 Å². The monoisotopic (exact) mass is 580 g/mol. The maximum absolute atomic E-state index is 12.8. The minimum atomic E-state index is -4.11. The second kappa shape index (κ2) is 13.7. The van der Waals surface area contributed by atoms with Gasteiger partial charge in [-0.15, -0.1) is 11.3 Å². The fourth-order valence-corrected chi connectivity index (χ4v) is 5.88. The third-order valence-corrected chi connectivity index (χ3v) is 8.10. The van der Waals surface area contributed by atoms with E-state index < -0.39 is 21.6 Å². The van der Waals surface area contributed by atoms with E-state index in [1.54, 1.807) is 26.0 Å². The molecule has 2 aromatic carbocycles. The van der Waals surface area contributed by atoms with Crippen molar-refractivity contribution in [2.24, 2.45) is 0 Å². The van der Waals surface area contributed by atoms with Crippen molar-refractivity contribution in [3.8, 4) is 17.2 Å². The number of thiazole rings is 1. The molecule has 0 bridgehead atoms. The first-order chi connectivity index (χ1) is 18.3. The van der Waals surface area contributed by atoms with Gasteiger partial charge < -0.3 is 18.9 Å². The zero-order valence-corrected chi connectivity index (χ0v) is 25.1. The Morgan fingerprint density at radius 1 is 1.03 bits per heavy atom. The molecule has 1 heterocycles. The van der Waals surface area contributed by atoms with Gasteiger partial charge in [0.15, 0.2) is 16.5 Å². The molecule has 0 amide bonds. The Bertz CT molecular complexity index is 1330. The van der Waals surface area contributed by atoms with Crippen LogP contribution in [-0.4, -0.2) is 70.9 Å². The molecular weight excluding hydrogens is 544 g/mol. The first-order valence-electron chi connectivity index (χ1n) is 12.0. The lowest BCUT2D eigenvalue weighted by atomic mass is 9.87. The van der Waals surface area contributed by atoms with Crippen LogP contribution in [0, 0.1) is 13.8 Å². The van der Waals surface area contributed by atoms with Crippen LogP contribution in [0.15, 0.2) is 47.5 Å². The molecule has 39 heavy (non-hydrogen) atoms. The molecule has 0 fully saturated rings. The second-order valence-electron chi connectivity index (χ2n) is 8.71. The average molecular weight is 581 g/mol. The van der Waals surface area contributed by atoms with Crippen LogP contribution in [0.3, 0.4) is 0 Å². The molecule has 3 rings (SSSR count). The van der Waals surface area contributed by atoms with E-state index in [9.17, 15) is 13.2 Å². The largest absolute Gasteiger partial charge is 0.493 e. The molecule has 0 radical (unpaired) electrons. The SMILES string of the molecule is CCC(COC(=O)c1cc(OC)c(OC)c(OC)c1)(c1ccccc1)N(C)C.Cc1nc(S(=O)(=O)O)c(C)s1. The number of likely N-dealkylation sites (N-methyl/N-ethyl adjacent to an activating group) is 1. The minimum absolute atomic E-state index is 0.218. The Morgan fingerprint density at radius 3 is 1.95 bits per heavy atom. The average Bonchev–Trinajstić information content (AvgIpc) is 3.27. The first-order valence-corrected chi connectivity index (χ1v) is 14.2. The van der Waals surface area contributed by atoms with E-state index in [4.69, 9.17) is 23.5 Å². The molecule has 0 aliphatic carbocycles. The number of carbonyl (C=O) groups excluding carboxylic acids is 1. The van der Waals surface area contributed by atoms with Crippen LogP contribution in [0.2, 0.25) is 0 Å². The van der Waals surface area contributed by atoms with E-state index in [-0.39, 0.29) is 11.6 Å². The van der Waals surface area contributed by atoms with Gasteiger partial charge in [0, 0.05) is 4.88 Å². The lowest BCUT2D eigenvalue weighted by molar-refractivity contribution is 0.0119. The molecule has 0 aliphatic heterocycles. The van der Waals surface area contributed by atoms with Gasteiger partial charge in [-0.25, -0.2) is 9.78 Å². The molecule has 1 N–H and O–H groups in total. The molecule has 0 saturated carbocycles. The van der Waals surface area contributed by atoms with Gasteiger partial charge in [0.05, 0.1) is 37.4 Å². The molecule has 214 valence electrons. The van der Waals surface area contributed by atoms with Gasteiger partial charge in [0.2, 0.25) is 5.75 Å². The van der Waals surface area contributed by atoms with E-state index in [1.165, 1.54) is 32.7 Å². The van der Waals surface area contributed by atoms with E-state index in [1.807, 2.05) is 32.3 Å². The summed E-state index contributed by atoms with van der Waals surface area (Å²) in [6, 6.07) is 13.2. The minimum Gasteiger partial charge on any atom is -0.493 e. The smallest absolute Gasteiger partial charge is 0.338 e. The summed E-state index contributed by atoms with van der Waals surface area (Å²) >= 11 is 1.25. The number of hydrogen-bond acceptors (Lipinski definition) is 10. The van der Waals surface area contributed by atoms with Gasteiger partial charge in [-0.2, -0.15) is 8.42 Å². The van der Waals surface area contributed by atoms with Gasteiger partial charge >= 0.3 is 16.1 Å². The van der Waals surface area contributed by atoms with E-state index in [2.05, 4.69) is 28.9 Å². The highest BCUT2D eigenvalue weighted by atomic mass is 32.2. The van der Waals surface area contributed by atoms with E-state index in [0.29, 0.717) is 32.7 Å². The highest BCUT2D eigenvalue weighted by Crippen LogP contribution is 2.38. The van der Waals surface area contributed by atoms with Crippen molar-refractivity contribution in [3.05, 3.63) is 63.5 Å². The number of hydrogen-bond donors (Lipinski definition) is 1. The fraction of sp³-hybridized carbons (Fsp3) is 0.407. The number of aromatic nitrogens is 1. The predicted molar refractivity (Wildman–Crippen MR) is 150 cm³/mol. The van der Waals surface area contributed by atoms with Crippen molar-refractivity contribution >= 4 is 27.4 Å². The van der Waals surface area contributed by atoms with Crippen LogP contribution in [0.25, 0.3) is 0 Å². The van der Waals surface area contributed by atoms with Crippen LogP contribution >= 0.6 is 11.3 Å². The Hall–Kier alpha value is -3.19. The zero-order valence-electron chi connectivity index (χ0n) is 23.5. The maximum atomic E-state index is 12.8. The van der Waals surface area contributed by atoms with E-state index >= 15 is 0 Å². The summed E-state index contributed by atoms with van der Waals surface area (Å²) in [6.07, 6.45) is 0.784. The molecule has 12 heteroatoms. The molecule has 1 aromatic heterocycles. The van der Waals surface area contributed by atoms with Crippen LogP contribution in [-0.2, 0) is 20.4 Å². The van der Waals surface area contributed by atoms with E-state index in [0.717, 1.165) is 12.0 Å². The summed E-state index contributed by atoms with van der Waals surface area (Å²) in [5.74, 6) is 0.800. The van der Waals surface area contributed by atoms with Gasteiger partial charge in [-0.05, 0) is 52.1 Å². The third kappa shape index (κ3) is 7.69. The van der Waals surface area contributed by atoms with Crippen molar-refractivity contribution in [1.82, 2.24) is 9.88 Å². The number of nitrogens with zero attached hydrogens (tertiary/aromatic N) is 2. The Labute approximate surface area is 234 Å². The van der Waals surface area contributed by atoms with Crippen molar-refractivity contribution in [3.63, 3.8) is 0 Å². The summed E-state index contributed by atoms with van der Waals surface area (Å²) in [6.45, 7) is 5.59. The topological polar surface area (TPSA) is 124 Å². The van der Waals surface area contributed by atoms with Crippen molar-refractivity contribution < 1.29 is 36.7 Å². The first kappa shape index (κ1) is 32.0. The number of ether oxygens (including phenoxy) is 4. The Kier molecular flexibility index (Phi) is 11.3. The molecule has 3 aromatic rings. The van der Waals surface area contributed by atoms with Crippen molar-refractivity contribution in [2.45, 2.75) is 37.8 Å². The standard InChI is InChI=1S/C22H29NO5.C5H7NO3S2/c1-7-22(23(2)3,17-11-9-8-10-12-17)15-28-21(24)16-13-18(25-4)20(27-6)19(14-16)26-5;1-3-5(11(7,8)9)6-4(2)10-3/h8-14H,7,15H2,1-6H3;1-2H3,(H,7,8,9). The van der Waals surface area contributed by atoms with Crippen LogP contribution < -0.4 is 14.2 Å². The summed E-state index contributed by atoms with van der Waals surface area (Å²) in [5, 5.41) is 0.412. The van der Waals surface area contributed by atoms with Crippen LogP contribution in [0.1, 0.15) is 39.2 Å². The van der Waals surface area contributed by atoms with Crippen LogP contribution in [0.4, 0.5) is 0 Å². The van der Waals surface area contributed by atoms with Gasteiger partial charge in [0.25, 0.3) is 0 Å². The lowest BCUT2D eigenvalue weighted by Gasteiger charge is -2.39. The number of rotatable bonds is 10. The predicted octanol–water partition coefficient (Wildman–Crippen LogP) is 4.74. The molecule has 0 spiro atoms. The maximum Gasteiger partial charge on any atom is 0.338 e. The number of esters is 1. The number of aryl methyl sites for hydroxylation is 2. The number of methoxy groups -OCH3 is 3. The third-order valence-electron chi connectivity index (χ3n) is 6.20. The highest BCUT2D eigenvalue weighted by Gasteiger charge is 2.35. The highest BCUT2D eigenvalue weighted by molar-refractivity contribution is 7.85. The summed E-state index contributed by atoms with van der Waals surface area (Å²) in [5.41, 5.74) is 1.02. The quantitative estimate of drug-likeness (QED) is 0.265. The second-order valence-corrected chi connectivity index (χ2v) is 11.4. The molecule has 10 nitrogen and oxygen atoms in total.